The lowest BCUT2D eigenvalue weighted by molar-refractivity contribution is -1.01. The summed E-state index contributed by atoms with van der Waals surface area (Å²) in [4.78, 5) is 29.1. The Morgan fingerprint density at radius 1 is 1.09 bits per heavy atom. The minimum absolute atomic E-state index is 0.0651. The van der Waals surface area contributed by atoms with Gasteiger partial charge in [0.2, 0.25) is 5.91 Å². The number of ether oxygens (including phenoxy) is 1. The minimum atomic E-state index is -0.220. The van der Waals surface area contributed by atoms with Crippen LogP contribution in [0, 0.1) is 0 Å². The Hall–Kier alpha value is -1.92. The highest BCUT2D eigenvalue weighted by atomic mass is 16.5. The number of methoxy groups -OCH3 is 1. The van der Waals surface area contributed by atoms with Crippen molar-refractivity contribution in [2.75, 3.05) is 45.2 Å². The highest BCUT2D eigenvalue weighted by Gasteiger charge is 2.46. The molecule has 1 aromatic carbocycles. The Morgan fingerprint density at radius 2 is 1.73 bits per heavy atom. The third kappa shape index (κ3) is 2.71. The van der Waals surface area contributed by atoms with Crippen molar-refractivity contribution in [2.45, 2.75) is 12.5 Å². The van der Waals surface area contributed by atoms with E-state index in [2.05, 4.69) is 7.05 Å². The van der Waals surface area contributed by atoms with Crippen LogP contribution >= 0.6 is 0 Å². The van der Waals surface area contributed by atoms with E-state index in [4.69, 9.17) is 4.74 Å². The van der Waals surface area contributed by atoms with Gasteiger partial charge in [-0.05, 0) is 24.3 Å². The SMILES string of the molecule is COc1ccc(N2C(=O)C[C@H]([NH+]3CC[NH+](C)CC3)C2=O)cc1. The van der Waals surface area contributed by atoms with E-state index < -0.39 is 0 Å². The summed E-state index contributed by atoms with van der Waals surface area (Å²) in [6.45, 7) is 4.00. The Kier molecular flexibility index (Phi) is 4.13. The second-order valence-electron chi connectivity index (χ2n) is 6.14. The van der Waals surface area contributed by atoms with Crippen molar-refractivity contribution in [2.24, 2.45) is 0 Å². The van der Waals surface area contributed by atoms with Crippen LogP contribution in [0.4, 0.5) is 5.69 Å². The van der Waals surface area contributed by atoms with Gasteiger partial charge in [-0.2, -0.15) is 0 Å². The summed E-state index contributed by atoms with van der Waals surface area (Å²) < 4.78 is 5.12. The van der Waals surface area contributed by atoms with Gasteiger partial charge in [-0.3, -0.25) is 9.59 Å². The highest BCUT2D eigenvalue weighted by Crippen LogP contribution is 2.24. The van der Waals surface area contributed by atoms with Crippen molar-refractivity contribution < 1.29 is 24.1 Å². The zero-order valence-corrected chi connectivity index (χ0v) is 13.1. The van der Waals surface area contributed by atoms with Crippen LogP contribution in [0.3, 0.4) is 0 Å². The molecule has 0 bridgehead atoms. The van der Waals surface area contributed by atoms with Crippen molar-refractivity contribution in [1.82, 2.24) is 0 Å². The largest absolute Gasteiger partial charge is 0.497 e. The van der Waals surface area contributed by atoms with Crippen LogP contribution < -0.4 is 19.4 Å². The fraction of sp³-hybridized carbons (Fsp3) is 0.500. The van der Waals surface area contributed by atoms with Crippen molar-refractivity contribution >= 4 is 17.5 Å². The first-order chi connectivity index (χ1) is 10.6. The number of rotatable bonds is 3. The Morgan fingerprint density at radius 3 is 2.32 bits per heavy atom. The van der Waals surface area contributed by atoms with Gasteiger partial charge < -0.3 is 14.5 Å². The quantitative estimate of drug-likeness (QED) is 0.620. The molecule has 1 aromatic rings. The molecule has 0 spiro atoms. The Labute approximate surface area is 130 Å². The van der Waals surface area contributed by atoms with E-state index >= 15 is 0 Å². The summed E-state index contributed by atoms with van der Waals surface area (Å²) in [6.07, 6.45) is 0.319. The molecule has 0 saturated carbocycles. The molecule has 2 saturated heterocycles. The van der Waals surface area contributed by atoms with Crippen molar-refractivity contribution in [3.63, 3.8) is 0 Å². The molecule has 0 radical (unpaired) electrons. The maximum atomic E-state index is 12.7. The molecule has 0 unspecified atom stereocenters. The summed E-state index contributed by atoms with van der Waals surface area (Å²) in [5, 5.41) is 0. The lowest BCUT2D eigenvalue weighted by atomic mass is 10.2. The molecule has 2 N–H and O–H groups in total. The number of carbonyl (C=O) groups excluding carboxylic acids is 2. The minimum Gasteiger partial charge on any atom is -0.497 e. The second kappa shape index (κ2) is 6.06. The summed E-state index contributed by atoms with van der Waals surface area (Å²) in [6, 6.07) is 6.86. The van der Waals surface area contributed by atoms with E-state index in [9.17, 15) is 9.59 Å². The van der Waals surface area contributed by atoms with E-state index in [1.165, 1.54) is 14.7 Å². The van der Waals surface area contributed by atoms with E-state index in [0.717, 1.165) is 26.2 Å². The van der Waals surface area contributed by atoms with Crippen LogP contribution in [0.25, 0.3) is 0 Å². The zero-order valence-electron chi connectivity index (χ0n) is 13.1. The van der Waals surface area contributed by atoms with E-state index in [1.807, 2.05) is 0 Å². The number of amides is 2. The standard InChI is InChI=1S/C16H21N3O3/c1-17-7-9-18(10-8-17)14-11-15(20)19(16(14)21)12-3-5-13(22-2)6-4-12/h3-6,14H,7-11H2,1-2H3/p+2/t14-/m0/s1. The first-order valence-corrected chi connectivity index (χ1v) is 7.77. The van der Waals surface area contributed by atoms with Gasteiger partial charge in [0.05, 0.1) is 26.3 Å². The Balaban J connectivity index is 1.76. The number of imide groups is 1. The lowest BCUT2D eigenvalue weighted by Crippen LogP contribution is -3.29. The zero-order chi connectivity index (χ0) is 15.7. The summed E-state index contributed by atoms with van der Waals surface area (Å²) in [5.74, 6) is 0.552. The molecule has 2 heterocycles. The number of nitrogens with zero attached hydrogens (tertiary/aromatic N) is 1. The fourth-order valence-corrected chi connectivity index (χ4v) is 3.30. The molecular formula is C16H23N3O3+2. The number of hydrogen-bond donors (Lipinski definition) is 2. The molecule has 2 aliphatic heterocycles. The number of piperazine rings is 1. The summed E-state index contributed by atoms with van der Waals surface area (Å²) in [7, 11) is 3.76. The predicted molar refractivity (Wildman–Crippen MR) is 81.2 cm³/mol. The van der Waals surface area contributed by atoms with Gasteiger partial charge in [0, 0.05) is 0 Å². The lowest BCUT2D eigenvalue weighted by Gasteiger charge is -2.30. The molecule has 0 aliphatic carbocycles. The maximum Gasteiger partial charge on any atom is 0.292 e. The van der Waals surface area contributed by atoms with Gasteiger partial charge in [0.25, 0.3) is 5.91 Å². The van der Waals surface area contributed by atoms with E-state index in [1.54, 1.807) is 31.4 Å². The van der Waals surface area contributed by atoms with Crippen LogP contribution in [0.2, 0.25) is 0 Å². The predicted octanol–water partition coefficient (Wildman–Crippen LogP) is -2.26. The molecule has 118 valence electrons. The van der Waals surface area contributed by atoms with E-state index in [-0.39, 0.29) is 17.9 Å². The summed E-state index contributed by atoms with van der Waals surface area (Å²) in [5.41, 5.74) is 0.637. The molecule has 2 fully saturated rings. The number of anilines is 1. The van der Waals surface area contributed by atoms with Crippen molar-refractivity contribution in [1.29, 1.82) is 0 Å². The van der Waals surface area contributed by atoms with Crippen LogP contribution in [0.1, 0.15) is 6.42 Å². The van der Waals surface area contributed by atoms with E-state index in [0.29, 0.717) is 17.9 Å². The molecule has 1 atom stereocenters. The molecule has 3 rings (SSSR count). The average molecular weight is 305 g/mol. The monoisotopic (exact) mass is 305 g/mol. The summed E-state index contributed by atoms with van der Waals surface area (Å²) >= 11 is 0. The molecule has 6 nitrogen and oxygen atoms in total. The highest BCUT2D eigenvalue weighted by molar-refractivity contribution is 6.21. The number of nitrogens with one attached hydrogen (secondary N) is 2. The third-order valence-electron chi connectivity index (χ3n) is 4.72. The smallest absolute Gasteiger partial charge is 0.292 e. The fourth-order valence-electron chi connectivity index (χ4n) is 3.30. The Bertz CT molecular complexity index is 565. The molecular weight excluding hydrogens is 282 g/mol. The number of hydrogen-bond acceptors (Lipinski definition) is 3. The van der Waals surface area contributed by atoms with Gasteiger partial charge in [-0.15, -0.1) is 0 Å². The average Bonchev–Trinajstić information content (AvgIpc) is 2.83. The van der Waals surface area contributed by atoms with Crippen molar-refractivity contribution in [3.8, 4) is 5.75 Å². The molecule has 2 amide bonds. The van der Waals surface area contributed by atoms with Crippen molar-refractivity contribution in [3.05, 3.63) is 24.3 Å². The van der Waals surface area contributed by atoms with Gasteiger partial charge in [0.1, 0.15) is 31.9 Å². The number of quaternary nitrogens is 2. The first kappa shape index (κ1) is 15.0. The topological polar surface area (TPSA) is 55.5 Å². The molecule has 22 heavy (non-hydrogen) atoms. The van der Waals surface area contributed by atoms with Crippen LogP contribution in [0.5, 0.6) is 5.75 Å². The second-order valence-corrected chi connectivity index (χ2v) is 6.14. The first-order valence-electron chi connectivity index (χ1n) is 7.77. The maximum absolute atomic E-state index is 12.7. The number of likely N-dealkylation sites (N-methyl/N-ethyl adjacent to an activating group) is 1. The van der Waals surface area contributed by atoms with Gasteiger partial charge in [0.15, 0.2) is 6.04 Å². The van der Waals surface area contributed by atoms with Gasteiger partial charge in [-0.25, -0.2) is 4.90 Å². The van der Waals surface area contributed by atoms with Crippen LogP contribution in [-0.4, -0.2) is 58.2 Å². The van der Waals surface area contributed by atoms with Gasteiger partial charge >= 0.3 is 0 Å². The van der Waals surface area contributed by atoms with Gasteiger partial charge in [-0.1, -0.05) is 0 Å². The third-order valence-corrected chi connectivity index (χ3v) is 4.72. The molecule has 6 heteroatoms. The van der Waals surface area contributed by atoms with Crippen LogP contribution in [0.15, 0.2) is 24.3 Å². The number of carbonyl (C=O) groups is 2. The normalized spacial score (nSPS) is 29.0. The van der Waals surface area contributed by atoms with Crippen LogP contribution in [-0.2, 0) is 9.59 Å². The molecule has 0 aromatic heterocycles. The molecule has 2 aliphatic rings. The number of benzene rings is 1.